The quantitative estimate of drug-likeness (QED) is 0.516. The monoisotopic (exact) mass is 103 g/mol. The summed E-state index contributed by atoms with van der Waals surface area (Å²) >= 11 is 0. The molecule has 1 N–H and O–H groups in total. The molecule has 0 saturated heterocycles. The van der Waals surface area contributed by atoms with E-state index in [1.54, 1.807) is 0 Å². The molecule has 0 rings (SSSR count). The van der Waals surface area contributed by atoms with Crippen molar-refractivity contribution in [1.82, 2.24) is 0 Å². The van der Waals surface area contributed by atoms with Crippen molar-refractivity contribution in [2.24, 2.45) is 0 Å². The summed E-state index contributed by atoms with van der Waals surface area (Å²) in [4.78, 5) is 0. The van der Waals surface area contributed by atoms with Gasteiger partial charge in [-0.15, -0.1) is 0 Å². The lowest BCUT2D eigenvalue weighted by Gasteiger charge is -1.94. The normalized spacial score (nSPS) is 9.43. The lowest BCUT2D eigenvalue weighted by molar-refractivity contribution is 0.106. The molecule has 2 heteroatoms. The minimum absolute atomic E-state index is 0.119. The second-order valence-electron chi connectivity index (χ2n) is 1.21. The number of aliphatic hydroxyl groups excluding tert-OH is 1. The molecular formula is C5H11O2. The van der Waals surface area contributed by atoms with Crippen LogP contribution >= 0.6 is 0 Å². The van der Waals surface area contributed by atoms with Gasteiger partial charge < -0.3 is 9.84 Å². The van der Waals surface area contributed by atoms with Crippen LogP contribution in [0.3, 0.4) is 0 Å². The van der Waals surface area contributed by atoms with Crippen LogP contribution in [0.15, 0.2) is 0 Å². The highest BCUT2D eigenvalue weighted by Gasteiger charge is 1.79. The van der Waals surface area contributed by atoms with Crippen LogP contribution in [-0.4, -0.2) is 24.9 Å². The van der Waals surface area contributed by atoms with E-state index in [4.69, 9.17) is 9.84 Å². The maximum absolute atomic E-state index is 8.15. The Balaban J connectivity index is 2.45. The molecule has 0 aliphatic rings. The van der Waals surface area contributed by atoms with Crippen LogP contribution in [0.2, 0.25) is 0 Å². The molecule has 2 nitrogen and oxygen atoms in total. The fourth-order valence-electron chi connectivity index (χ4n) is 0.266. The summed E-state index contributed by atoms with van der Waals surface area (Å²) in [5, 5.41) is 8.15. The van der Waals surface area contributed by atoms with Gasteiger partial charge >= 0.3 is 0 Å². The summed E-state index contributed by atoms with van der Waals surface area (Å²) < 4.78 is 4.83. The number of hydrogen-bond donors (Lipinski definition) is 1. The average Bonchev–Trinajstić information content (AvgIpc) is 1.69. The van der Waals surface area contributed by atoms with Crippen molar-refractivity contribution in [3.05, 3.63) is 6.42 Å². The van der Waals surface area contributed by atoms with Crippen LogP contribution in [0.4, 0.5) is 0 Å². The predicted molar refractivity (Wildman–Crippen MR) is 27.9 cm³/mol. The molecule has 0 saturated carbocycles. The summed E-state index contributed by atoms with van der Waals surface area (Å²) in [6, 6.07) is 0. The lowest BCUT2D eigenvalue weighted by atomic mass is 10.5. The van der Waals surface area contributed by atoms with Gasteiger partial charge in [-0.3, -0.25) is 0 Å². The summed E-state index contributed by atoms with van der Waals surface area (Å²) in [5.74, 6) is 0. The summed E-state index contributed by atoms with van der Waals surface area (Å²) in [6.45, 7) is 3.12. The van der Waals surface area contributed by atoms with Gasteiger partial charge in [-0.2, -0.15) is 0 Å². The van der Waals surface area contributed by atoms with Crippen molar-refractivity contribution < 1.29 is 9.84 Å². The zero-order chi connectivity index (χ0) is 5.54. The highest BCUT2D eigenvalue weighted by Crippen LogP contribution is 1.75. The predicted octanol–water partition coefficient (Wildman–Crippen LogP) is 0.219. The van der Waals surface area contributed by atoms with E-state index in [2.05, 4.69) is 0 Å². The summed E-state index contributed by atoms with van der Waals surface area (Å²) in [5.41, 5.74) is 0. The number of rotatable bonds is 4. The van der Waals surface area contributed by atoms with Gasteiger partial charge in [0.25, 0.3) is 0 Å². The standard InChI is InChI=1S/C5H11O2/c1-2-4-7-5-3-6/h2,6H,3-5H2,1H3. The van der Waals surface area contributed by atoms with E-state index >= 15 is 0 Å². The van der Waals surface area contributed by atoms with E-state index in [0.29, 0.717) is 13.2 Å². The van der Waals surface area contributed by atoms with Crippen molar-refractivity contribution in [2.45, 2.75) is 6.92 Å². The molecule has 0 amide bonds. The minimum atomic E-state index is 0.119. The third kappa shape index (κ3) is 5.92. The van der Waals surface area contributed by atoms with Crippen molar-refractivity contribution in [3.63, 3.8) is 0 Å². The Morgan fingerprint density at radius 2 is 2.43 bits per heavy atom. The van der Waals surface area contributed by atoms with E-state index in [1.807, 2.05) is 13.3 Å². The average molecular weight is 103 g/mol. The fraction of sp³-hybridized carbons (Fsp3) is 0.800. The van der Waals surface area contributed by atoms with Crippen molar-refractivity contribution in [2.75, 3.05) is 19.8 Å². The molecule has 0 bridgehead atoms. The summed E-state index contributed by atoms with van der Waals surface area (Å²) in [6.07, 6.45) is 1.90. The van der Waals surface area contributed by atoms with Gasteiger partial charge in [-0.25, -0.2) is 0 Å². The smallest absolute Gasteiger partial charge is 0.0697 e. The molecule has 0 heterocycles. The molecule has 0 aromatic rings. The van der Waals surface area contributed by atoms with Gasteiger partial charge in [-0.1, -0.05) is 6.92 Å². The van der Waals surface area contributed by atoms with Crippen molar-refractivity contribution in [1.29, 1.82) is 0 Å². The maximum Gasteiger partial charge on any atom is 0.0697 e. The first kappa shape index (κ1) is 6.92. The van der Waals surface area contributed by atoms with Crippen LogP contribution < -0.4 is 0 Å². The second-order valence-corrected chi connectivity index (χ2v) is 1.21. The molecule has 0 fully saturated rings. The lowest BCUT2D eigenvalue weighted by Crippen LogP contribution is -1.99. The molecule has 43 valence electrons. The first-order chi connectivity index (χ1) is 3.41. The Kier molecular flexibility index (Phi) is 5.85. The zero-order valence-corrected chi connectivity index (χ0v) is 4.55. The first-order valence-electron chi connectivity index (χ1n) is 2.38. The highest BCUT2D eigenvalue weighted by molar-refractivity contribution is 4.50. The maximum atomic E-state index is 8.15. The molecule has 1 radical (unpaired) electrons. The van der Waals surface area contributed by atoms with Crippen molar-refractivity contribution >= 4 is 0 Å². The Morgan fingerprint density at radius 3 is 2.86 bits per heavy atom. The minimum Gasteiger partial charge on any atom is -0.394 e. The molecule has 0 aromatic heterocycles. The SMILES string of the molecule is C[CH]COCCO. The largest absolute Gasteiger partial charge is 0.394 e. The van der Waals surface area contributed by atoms with Gasteiger partial charge in [0.1, 0.15) is 0 Å². The third-order valence-electron chi connectivity index (χ3n) is 0.520. The molecule has 0 unspecified atom stereocenters. The Labute approximate surface area is 44.1 Å². The van der Waals surface area contributed by atoms with E-state index in [0.717, 1.165) is 0 Å². The molecule has 0 aliphatic carbocycles. The van der Waals surface area contributed by atoms with E-state index < -0.39 is 0 Å². The number of hydrogen-bond acceptors (Lipinski definition) is 2. The summed E-state index contributed by atoms with van der Waals surface area (Å²) in [7, 11) is 0. The van der Waals surface area contributed by atoms with Gasteiger partial charge in [0.15, 0.2) is 0 Å². The topological polar surface area (TPSA) is 29.5 Å². The molecule has 0 spiro atoms. The zero-order valence-electron chi connectivity index (χ0n) is 4.55. The van der Waals surface area contributed by atoms with Gasteiger partial charge in [-0.05, 0) is 6.42 Å². The van der Waals surface area contributed by atoms with Gasteiger partial charge in [0.05, 0.1) is 13.2 Å². The molecule has 0 aliphatic heterocycles. The van der Waals surface area contributed by atoms with Crippen LogP contribution in [0, 0.1) is 6.42 Å². The third-order valence-corrected chi connectivity index (χ3v) is 0.520. The first-order valence-corrected chi connectivity index (χ1v) is 2.38. The highest BCUT2D eigenvalue weighted by atomic mass is 16.5. The van der Waals surface area contributed by atoms with Gasteiger partial charge in [0.2, 0.25) is 0 Å². The molecular weight excluding hydrogens is 92.1 g/mol. The van der Waals surface area contributed by atoms with Crippen LogP contribution in [0.25, 0.3) is 0 Å². The Hall–Kier alpha value is -0.0800. The Morgan fingerprint density at radius 1 is 1.71 bits per heavy atom. The van der Waals surface area contributed by atoms with Crippen LogP contribution in [0.5, 0.6) is 0 Å². The van der Waals surface area contributed by atoms with E-state index in [1.165, 1.54) is 0 Å². The number of aliphatic hydroxyl groups is 1. The van der Waals surface area contributed by atoms with Gasteiger partial charge in [0, 0.05) is 6.61 Å². The van der Waals surface area contributed by atoms with E-state index in [9.17, 15) is 0 Å². The molecule has 0 aromatic carbocycles. The Bertz CT molecular complexity index is 25.3. The second kappa shape index (κ2) is 5.92. The van der Waals surface area contributed by atoms with Crippen LogP contribution in [-0.2, 0) is 4.74 Å². The van der Waals surface area contributed by atoms with Crippen LogP contribution in [0.1, 0.15) is 6.92 Å². The molecule has 7 heavy (non-hydrogen) atoms. The van der Waals surface area contributed by atoms with Crippen molar-refractivity contribution in [3.8, 4) is 0 Å². The van der Waals surface area contributed by atoms with E-state index in [-0.39, 0.29) is 6.61 Å². The molecule has 0 atom stereocenters. The fourth-order valence-corrected chi connectivity index (χ4v) is 0.266. The number of ether oxygens (including phenoxy) is 1.